The third-order valence-electron chi connectivity index (χ3n) is 3.51. The molecule has 106 valence electrons. The molecule has 0 spiro atoms. The molecule has 0 radical (unpaired) electrons. The predicted octanol–water partition coefficient (Wildman–Crippen LogP) is 2.37. The van der Waals surface area contributed by atoms with E-state index in [-0.39, 0.29) is 11.9 Å². The fourth-order valence-electron chi connectivity index (χ4n) is 2.44. The van der Waals surface area contributed by atoms with Gasteiger partial charge in [-0.15, -0.1) is 10.2 Å². The van der Waals surface area contributed by atoms with Crippen molar-refractivity contribution in [1.29, 1.82) is 0 Å². The molecule has 20 heavy (non-hydrogen) atoms. The lowest BCUT2D eigenvalue weighted by Gasteiger charge is -2.11. The van der Waals surface area contributed by atoms with Gasteiger partial charge in [-0.3, -0.25) is 0 Å². The standard InChI is InChI=1S/C13H13F2N3OS/c1-18-12(6-19)16-17-13(18)20-11-3-2-8-9(11)4-7(14)5-10(8)15/h4-5,11,19H,2-3,6H2,1H3. The first kappa shape index (κ1) is 13.5. The molecule has 0 aliphatic heterocycles. The Labute approximate surface area is 118 Å². The minimum Gasteiger partial charge on any atom is -0.388 e. The third-order valence-corrected chi connectivity index (χ3v) is 4.85. The van der Waals surface area contributed by atoms with Crippen molar-refractivity contribution in [2.24, 2.45) is 7.05 Å². The molecule has 0 bridgehead atoms. The molecule has 1 aromatic carbocycles. The molecule has 0 amide bonds. The zero-order valence-corrected chi connectivity index (χ0v) is 11.6. The summed E-state index contributed by atoms with van der Waals surface area (Å²) in [4.78, 5) is 0. The van der Waals surface area contributed by atoms with E-state index in [1.807, 2.05) is 0 Å². The summed E-state index contributed by atoms with van der Waals surface area (Å²) in [5.41, 5.74) is 1.29. The Morgan fingerprint density at radius 2 is 2.20 bits per heavy atom. The number of aromatic nitrogens is 3. The van der Waals surface area contributed by atoms with E-state index in [4.69, 9.17) is 5.11 Å². The molecule has 0 saturated heterocycles. The van der Waals surface area contributed by atoms with Crippen LogP contribution in [0.15, 0.2) is 17.3 Å². The highest BCUT2D eigenvalue weighted by Crippen LogP contribution is 2.45. The maximum atomic E-state index is 13.7. The van der Waals surface area contributed by atoms with Crippen LogP contribution in [0.2, 0.25) is 0 Å². The lowest BCUT2D eigenvalue weighted by atomic mass is 10.1. The number of aliphatic hydroxyl groups excluding tert-OH is 1. The predicted molar refractivity (Wildman–Crippen MR) is 70.2 cm³/mol. The van der Waals surface area contributed by atoms with Gasteiger partial charge < -0.3 is 9.67 Å². The molecule has 1 unspecified atom stereocenters. The van der Waals surface area contributed by atoms with Crippen LogP contribution in [0, 0.1) is 11.6 Å². The maximum absolute atomic E-state index is 13.7. The van der Waals surface area contributed by atoms with E-state index in [0.717, 1.165) is 12.5 Å². The first-order chi connectivity index (χ1) is 9.60. The number of halogens is 2. The summed E-state index contributed by atoms with van der Waals surface area (Å²) in [6.07, 6.45) is 1.34. The minimum atomic E-state index is -0.553. The molecule has 2 aromatic rings. The van der Waals surface area contributed by atoms with Crippen LogP contribution >= 0.6 is 11.8 Å². The van der Waals surface area contributed by atoms with Crippen LogP contribution in [0.1, 0.15) is 28.6 Å². The molecular weight excluding hydrogens is 284 g/mol. The van der Waals surface area contributed by atoms with Crippen molar-refractivity contribution in [2.45, 2.75) is 29.9 Å². The summed E-state index contributed by atoms with van der Waals surface area (Å²) >= 11 is 1.42. The number of fused-ring (bicyclic) bond motifs is 1. The SMILES string of the molecule is Cn1c(CO)nnc1SC1CCc2c(F)cc(F)cc21. The first-order valence-corrected chi connectivity index (χ1v) is 7.11. The Morgan fingerprint density at radius 3 is 2.90 bits per heavy atom. The second kappa shape index (κ2) is 5.14. The number of thioether (sulfide) groups is 1. The number of nitrogens with zero attached hydrogens (tertiary/aromatic N) is 3. The smallest absolute Gasteiger partial charge is 0.191 e. The van der Waals surface area contributed by atoms with Crippen LogP contribution in [0.25, 0.3) is 0 Å². The zero-order valence-electron chi connectivity index (χ0n) is 10.8. The molecule has 1 N–H and O–H groups in total. The second-order valence-electron chi connectivity index (χ2n) is 4.72. The van der Waals surface area contributed by atoms with E-state index in [2.05, 4.69) is 10.2 Å². The van der Waals surface area contributed by atoms with Gasteiger partial charge in [-0.05, 0) is 30.0 Å². The summed E-state index contributed by atoms with van der Waals surface area (Å²) < 4.78 is 28.7. The van der Waals surface area contributed by atoms with Gasteiger partial charge in [0.1, 0.15) is 18.2 Å². The second-order valence-corrected chi connectivity index (χ2v) is 5.89. The Kier molecular flexibility index (Phi) is 3.47. The van der Waals surface area contributed by atoms with Gasteiger partial charge in [0.05, 0.1) is 0 Å². The molecule has 3 rings (SSSR count). The third kappa shape index (κ3) is 2.20. The highest BCUT2D eigenvalue weighted by molar-refractivity contribution is 7.99. The summed E-state index contributed by atoms with van der Waals surface area (Å²) in [5, 5.41) is 17.5. The number of hydrogen-bond acceptors (Lipinski definition) is 4. The molecule has 0 fully saturated rings. The van der Waals surface area contributed by atoms with E-state index in [9.17, 15) is 8.78 Å². The van der Waals surface area contributed by atoms with Gasteiger partial charge >= 0.3 is 0 Å². The van der Waals surface area contributed by atoms with Crippen molar-refractivity contribution in [3.8, 4) is 0 Å². The van der Waals surface area contributed by atoms with Crippen LogP contribution in [0.3, 0.4) is 0 Å². The number of benzene rings is 1. The van der Waals surface area contributed by atoms with Gasteiger partial charge in [0.15, 0.2) is 11.0 Å². The summed E-state index contributed by atoms with van der Waals surface area (Å²) in [5.74, 6) is -0.559. The number of aliphatic hydroxyl groups is 1. The molecule has 7 heteroatoms. The monoisotopic (exact) mass is 297 g/mol. The van der Waals surface area contributed by atoms with Gasteiger partial charge in [-0.25, -0.2) is 8.78 Å². The average molecular weight is 297 g/mol. The van der Waals surface area contributed by atoms with Crippen LogP contribution in [0.4, 0.5) is 8.78 Å². The summed E-state index contributed by atoms with van der Waals surface area (Å²) in [6, 6.07) is 2.32. The largest absolute Gasteiger partial charge is 0.388 e. The Balaban J connectivity index is 1.90. The number of rotatable bonds is 3. The molecular formula is C13H13F2N3OS. The lowest BCUT2D eigenvalue weighted by molar-refractivity contribution is 0.266. The first-order valence-electron chi connectivity index (χ1n) is 6.23. The summed E-state index contributed by atoms with van der Waals surface area (Å²) in [7, 11) is 1.76. The maximum Gasteiger partial charge on any atom is 0.191 e. The minimum absolute atomic E-state index is 0.0374. The molecule has 0 saturated carbocycles. The fourth-order valence-corrected chi connectivity index (χ4v) is 3.62. The molecule has 4 nitrogen and oxygen atoms in total. The van der Waals surface area contributed by atoms with Gasteiger partial charge in [-0.1, -0.05) is 11.8 Å². The molecule has 1 aromatic heterocycles. The van der Waals surface area contributed by atoms with E-state index < -0.39 is 11.6 Å². The number of hydrogen-bond donors (Lipinski definition) is 1. The highest BCUT2D eigenvalue weighted by Gasteiger charge is 2.28. The highest BCUT2D eigenvalue weighted by atomic mass is 32.2. The van der Waals surface area contributed by atoms with E-state index in [1.54, 1.807) is 11.6 Å². The van der Waals surface area contributed by atoms with E-state index in [0.29, 0.717) is 28.5 Å². The lowest BCUT2D eigenvalue weighted by Crippen LogP contribution is -2.00. The Morgan fingerprint density at radius 1 is 1.40 bits per heavy atom. The van der Waals surface area contributed by atoms with Crippen LogP contribution in [-0.2, 0) is 20.1 Å². The van der Waals surface area contributed by atoms with Gasteiger partial charge in [0, 0.05) is 18.4 Å². The van der Waals surface area contributed by atoms with Crippen molar-refractivity contribution in [3.05, 3.63) is 40.7 Å². The zero-order chi connectivity index (χ0) is 14.3. The molecule has 1 aliphatic rings. The quantitative estimate of drug-likeness (QED) is 0.945. The normalized spacial score (nSPS) is 17.5. The van der Waals surface area contributed by atoms with Gasteiger partial charge in [0.2, 0.25) is 0 Å². The van der Waals surface area contributed by atoms with Gasteiger partial charge in [0.25, 0.3) is 0 Å². The molecule has 1 aliphatic carbocycles. The fraction of sp³-hybridized carbons (Fsp3) is 0.385. The van der Waals surface area contributed by atoms with Gasteiger partial charge in [-0.2, -0.15) is 0 Å². The summed E-state index contributed by atoms with van der Waals surface area (Å²) in [6.45, 7) is -0.186. The van der Waals surface area contributed by atoms with Crippen molar-refractivity contribution in [1.82, 2.24) is 14.8 Å². The topological polar surface area (TPSA) is 50.9 Å². The Bertz CT molecular complexity index is 659. The van der Waals surface area contributed by atoms with Crippen molar-refractivity contribution < 1.29 is 13.9 Å². The van der Waals surface area contributed by atoms with Crippen LogP contribution in [-0.4, -0.2) is 19.9 Å². The van der Waals surface area contributed by atoms with Crippen molar-refractivity contribution in [3.63, 3.8) is 0 Å². The van der Waals surface area contributed by atoms with E-state index >= 15 is 0 Å². The van der Waals surface area contributed by atoms with Crippen LogP contribution in [0.5, 0.6) is 0 Å². The molecule has 1 heterocycles. The van der Waals surface area contributed by atoms with Crippen LogP contribution < -0.4 is 0 Å². The van der Waals surface area contributed by atoms with Crippen molar-refractivity contribution in [2.75, 3.05) is 0 Å². The van der Waals surface area contributed by atoms with E-state index in [1.165, 1.54) is 17.8 Å². The Hall–Kier alpha value is -1.47. The van der Waals surface area contributed by atoms with Crippen molar-refractivity contribution >= 4 is 11.8 Å². The average Bonchev–Trinajstić information content (AvgIpc) is 2.96. The molecule has 1 atom stereocenters.